The van der Waals surface area contributed by atoms with E-state index in [0.717, 1.165) is 13.1 Å². The van der Waals surface area contributed by atoms with Gasteiger partial charge in [-0.05, 0) is 38.4 Å². The molecule has 0 saturated carbocycles. The maximum atomic E-state index is 12.0. The molecule has 0 bridgehead atoms. The van der Waals surface area contributed by atoms with Crippen molar-refractivity contribution in [1.82, 2.24) is 15.2 Å². The molecule has 1 aromatic heterocycles. The summed E-state index contributed by atoms with van der Waals surface area (Å²) in [5.41, 5.74) is 0.446. The van der Waals surface area contributed by atoms with Crippen LogP contribution in [0.4, 0.5) is 0 Å². The van der Waals surface area contributed by atoms with Gasteiger partial charge in [-0.1, -0.05) is 29.6 Å². The molecule has 1 aliphatic heterocycles. The molecule has 1 unspecified atom stereocenters. The number of piperidine rings is 1. The normalized spacial score (nSPS) is 19.9. The Morgan fingerprint density at radius 2 is 2.10 bits per heavy atom. The van der Waals surface area contributed by atoms with Gasteiger partial charge in [0.2, 0.25) is 0 Å². The van der Waals surface area contributed by atoms with Gasteiger partial charge in [-0.25, -0.2) is 4.98 Å². The zero-order chi connectivity index (χ0) is 14.5. The molecular weight excluding hydrogens is 297 g/mol. The van der Waals surface area contributed by atoms with Crippen LogP contribution in [0.25, 0.3) is 0 Å². The standard InChI is InChI=1S/C14H19Cl2N3O/c1-10-4-2-3-6-19(10)7-5-17-14(20)11-8-12(15)18-13(16)9-11/h8-10H,2-7H2,1H3,(H,17,20). The highest BCUT2D eigenvalue weighted by atomic mass is 35.5. The van der Waals surface area contributed by atoms with E-state index in [-0.39, 0.29) is 16.2 Å². The van der Waals surface area contributed by atoms with Gasteiger partial charge in [0.25, 0.3) is 5.91 Å². The molecule has 0 aliphatic carbocycles. The summed E-state index contributed by atoms with van der Waals surface area (Å²) in [6.45, 7) is 4.85. The molecule has 1 saturated heterocycles. The monoisotopic (exact) mass is 315 g/mol. The molecule has 1 amide bonds. The number of rotatable bonds is 4. The van der Waals surface area contributed by atoms with Gasteiger partial charge in [-0.3, -0.25) is 9.69 Å². The summed E-state index contributed by atoms with van der Waals surface area (Å²) >= 11 is 11.6. The van der Waals surface area contributed by atoms with Crippen LogP contribution >= 0.6 is 23.2 Å². The second-order valence-electron chi connectivity index (χ2n) is 5.14. The van der Waals surface area contributed by atoms with Crippen molar-refractivity contribution >= 4 is 29.1 Å². The number of likely N-dealkylation sites (tertiary alicyclic amines) is 1. The number of carbonyl (C=O) groups is 1. The minimum absolute atomic E-state index is 0.166. The number of hydrogen-bond donors (Lipinski definition) is 1. The number of hydrogen-bond acceptors (Lipinski definition) is 3. The molecule has 0 spiro atoms. The summed E-state index contributed by atoms with van der Waals surface area (Å²) < 4.78 is 0. The quantitative estimate of drug-likeness (QED) is 0.869. The molecule has 1 aromatic rings. The molecule has 20 heavy (non-hydrogen) atoms. The zero-order valence-electron chi connectivity index (χ0n) is 11.5. The Balaban J connectivity index is 1.82. The van der Waals surface area contributed by atoms with Crippen LogP contribution in [0.2, 0.25) is 10.3 Å². The Labute approximate surface area is 129 Å². The van der Waals surface area contributed by atoms with E-state index < -0.39 is 0 Å². The highest BCUT2D eigenvalue weighted by Gasteiger charge is 2.17. The van der Waals surface area contributed by atoms with Crippen molar-refractivity contribution in [3.63, 3.8) is 0 Å². The van der Waals surface area contributed by atoms with Crippen molar-refractivity contribution in [2.75, 3.05) is 19.6 Å². The Bertz CT molecular complexity index is 461. The van der Waals surface area contributed by atoms with E-state index in [1.165, 1.54) is 31.4 Å². The molecule has 110 valence electrons. The molecule has 2 rings (SSSR count). The van der Waals surface area contributed by atoms with E-state index >= 15 is 0 Å². The Hall–Kier alpha value is -0.840. The lowest BCUT2D eigenvalue weighted by Gasteiger charge is -2.33. The Kier molecular flexibility index (Phi) is 5.64. The second-order valence-corrected chi connectivity index (χ2v) is 5.91. The van der Waals surface area contributed by atoms with Crippen LogP contribution in [0.15, 0.2) is 12.1 Å². The fraction of sp³-hybridized carbons (Fsp3) is 0.571. The molecule has 0 aromatic carbocycles. The third-order valence-corrected chi connectivity index (χ3v) is 4.04. The van der Waals surface area contributed by atoms with Crippen molar-refractivity contribution in [2.45, 2.75) is 32.2 Å². The minimum atomic E-state index is -0.166. The van der Waals surface area contributed by atoms with Crippen molar-refractivity contribution in [2.24, 2.45) is 0 Å². The number of nitrogens with one attached hydrogen (secondary N) is 1. The van der Waals surface area contributed by atoms with Crippen LogP contribution in [0.3, 0.4) is 0 Å². The Morgan fingerprint density at radius 3 is 2.75 bits per heavy atom. The van der Waals surface area contributed by atoms with E-state index in [9.17, 15) is 4.79 Å². The van der Waals surface area contributed by atoms with Gasteiger partial charge in [-0.2, -0.15) is 0 Å². The first-order valence-corrected chi connectivity index (χ1v) is 7.67. The fourth-order valence-electron chi connectivity index (χ4n) is 2.50. The third kappa shape index (κ3) is 4.33. The van der Waals surface area contributed by atoms with Crippen LogP contribution in [0.1, 0.15) is 36.5 Å². The zero-order valence-corrected chi connectivity index (χ0v) is 13.0. The molecule has 4 nitrogen and oxygen atoms in total. The van der Waals surface area contributed by atoms with Crippen molar-refractivity contribution < 1.29 is 4.79 Å². The molecule has 1 fully saturated rings. The average Bonchev–Trinajstić information content (AvgIpc) is 2.39. The third-order valence-electron chi connectivity index (χ3n) is 3.65. The van der Waals surface area contributed by atoms with Crippen molar-refractivity contribution in [1.29, 1.82) is 0 Å². The molecule has 2 heterocycles. The minimum Gasteiger partial charge on any atom is -0.351 e. The first-order chi connectivity index (χ1) is 9.56. The summed E-state index contributed by atoms with van der Waals surface area (Å²) in [6, 6.07) is 3.64. The predicted molar refractivity (Wildman–Crippen MR) is 81.5 cm³/mol. The van der Waals surface area contributed by atoms with Crippen LogP contribution in [-0.4, -0.2) is 41.5 Å². The lowest BCUT2D eigenvalue weighted by Crippen LogP contribution is -2.42. The Morgan fingerprint density at radius 1 is 1.40 bits per heavy atom. The molecule has 6 heteroatoms. The molecule has 1 aliphatic rings. The van der Waals surface area contributed by atoms with Gasteiger partial charge in [0.15, 0.2) is 0 Å². The van der Waals surface area contributed by atoms with E-state index in [1.807, 2.05) is 0 Å². The van der Waals surface area contributed by atoms with Gasteiger partial charge in [0, 0.05) is 24.7 Å². The topological polar surface area (TPSA) is 45.2 Å². The van der Waals surface area contributed by atoms with E-state index in [0.29, 0.717) is 18.2 Å². The summed E-state index contributed by atoms with van der Waals surface area (Å²) in [5.74, 6) is -0.166. The predicted octanol–water partition coefficient (Wildman–Crippen LogP) is 2.99. The first kappa shape index (κ1) is 15.5. The van der Waals surface area contributed by atoms with Crippen molar-refractivity contribution in [3.8, 4) is 0 Å². The van der Waals surface area contributed by atoms with Gasteiger partial charge < -0.3 is 5.32 Å². The molecule has 1 atom stereocenters. The second kappa shape index (κ2) is 7.25. The number of pyridine rings is 1. The van der Waals surface area contributed by atoms with Crippen LogP contribution < -0.4 is 5.32 Å². The number of aromatic nitrogens is 1. The highest BCUT2D eigenvalue weighted by molar-refractivity contribution is 6.33. The number of amides is 1. The summed E-state index contributed by atoms with van der Waals surface area (Å²) in [7, 11) is 0. The van der Waals surface area contributed by atoms with Gasteiger partial charge in [0.1, 0.15) is 10.3 Å². The first-order valence-electron chi connectivity index (χ1n) is 6.91. The average molecular weight is 316 g/mol. The largest absolute Gasteiger partial charge is 0.351 e. The van der Waals surface area contributed by atoms with Crippen LogP contribution in [0, 0.1) is 0 Å². The lowest BCUT2D eigenvalue weighted by molar-refractivity contribution is 0.0938. The smallest absolute Gasteiger partial charge is 0.251 e. The maximum Gasteiger partial charge on any atom is 0.251 e. The number of halogens is 2. The summed E-state index contributed by atoms with van der Waals surface area (Å²) in [4.78, 5) is 18.2. The lowest BCUT2D eigenvalue weighted by atomic mass is 10.0. The molecular formula is C14H19Cl2N3O. The van der Waals surface area contributed by atoms with Crippen molar-refractivity contribution in [3.05, 3.63) is 28.0 Å². The SMILES string of the molecule is CC1CCCCN1CCNC(=O)c1cc(Cl)nc(Cl)c1. The van der Waals surface area contributed by atoms with Crippen LogP contribution in [0.5, 0.6) is 0 Å². The van der Waals surface area contributed by atoms with Gasteiger partial charge in [0.05, 0.1) is 0 Å². The summed E-state index contributed by atoms with van der Waals surface area (Å²) in [5, 5.41) is 3.35. The highest BCUT2D eigenvalue weighted by Crippen LogP contribution is 2.16. The maximum absolute atomic E-state index is 12.0. The van der Waals surface area contributed by atoms with Gasteiger partial charge >= 0.3 is 0 Å². The van der Waals surface area contributed by atoms with E-state index in [1.54, 1.807) is 0 Å². The number of nitrogens with zero attached hydrogens (tertiary/aromatic N) is 2. The van der Waals surface area contributed by atoms with E-state index in [2.05, 4.69) is 22.1 Å². The van der Waals surface area contributed by atoms with Crippen LogP contribution in [-0.2, 0) is 0 Å². The van der Waals surface area contributed by atoms with E-state index in [4.69, 9.17) is 23.2 Å². The molecule has 0 radical (unpaired) electrons. The number of carbonyl (C=O) groups excluding carboxylic acids is 1. The summed E-state index contributed by atoms with van der Waals surface area (Å²) in [6.07, 6.45) is 3.79. The van der Waals surface area contributed by atoms with Gasteiger partial charge in [-0.15, -0.1) is 0 Å². The fourth-order valence-corrected chi connectivity index (χ4v) is 2.96. The molecule has 1 N–H and O–H groups in total.